The molecular weight excluding hydrogens is 204 g/mol. The summed E-state index contributed by atoms with van der Waals surface area (Å²) < 4.78 is 1.35. The van der Waals surface area contributed by atoms with Gasteiger partial charge in [0.15, 0.2) is 0 Å². The fourth-order valence-corrected chi connectivity index (χ4v) is 1.28. The van der Waals surface area contributed by atoms with Gasteiger partial charge in [-0.05, 0) is 18.2 Å². The monoisotopic (exact) mass is 212 g/mol. The van der Waals surface area contributed by atoms with Gasteiger partial charge in [0.2, 0.25) is 0 Å². The Morgan fingerprint density at radius 3 is 2.75 bits per heavy atom. The van der Waals surface area contributed by atoms with Crippen molar-refractivity contribution in [2.45, 2.75) is 0 Å². The van der Waals surface area contributed by atoms with Crippen molar-refractivity contribution < 1.29 is 0 Å². The zero-order chi connectivity index (χ0) is 11.5. The van der Waals surface area contributed by atoms with Gasteiger partial charge in [-0.2, -0.15) is 5.26 Å². The van der Waals surface area contributed by atoms with Crippen LogP contribution in [-0.4, -0.2) is 9.55 Å². The van der Waals surface area contributed by atoms with Crippen LogP contribution in [0.4, 0.5) is 5.69 Å². The number of rotatable bonds is 1. The average Bonchev–Trinajstić information content (AvgIpc) is 2.30. The van der Waals surface area contributed by atoms with Crippen LogP contribution >= 0.6 is 0 Å². The number of aromatic nitrogens is 2. The first kappa shape index (κ1) is 9.93. The number of nitrogens with zero attached hydrogens (tertiary/aromatic N) is 3. The molecule has 0 unspecified atom stereocenters. The van der Waals surface area contributed by atoms with E-state index in [1.54, 1.807) is 18.2 Å². The lowest BCUT2D eigenvalue weighted by Gasteiger charge is -2.03. The van der Waals surface area contributed by atoms with E-state index in [9.17, 15) is 4.79 Å². The molecule has 0 radical (unpaired) electrons. The van der Waals surface area contributed by atoms with E-state index in [-0.39, 0.29) is 5.56 Å². The number of nitriles is 1. The quantitative estimate of drug-likeness (QED) is 0.753. The zero-order valence-electron chi connectivity index (χ0n) is 8.29. The summed E-state index contributed by atoms with van der Waals surface area (Å²) in [6.07, 6.45) is 2.99. The molecule has 2 aromatic heterocycles. The Morgan fingerprint density at radius 2 is 2.19 bits per heavy atom. The highest BCUT2D eigenvalue weighted by atomic mass is 16.1. The van der Waals surface area contributed by atoms with Gasteiger partial charge in [0, 0.05) is 12.3 Å². The van der Waals surface area contributed by atoms with Gasteiger partial charge in [-0.15, -0.1) is 0 Å². The maximum Gasteiger partial charge on any atom is 0.257 e. The lowest BCUT2D eigenvalue weighted by molar-refractivity contribution is 0.939. The van der Waals surface area contributed by atoms with Gasteiger partial charge in [0.1, 0.15) is 5.82 Å². The maximum atomic E-state index is 11.6. The third kappa shape index (κ3) is 1.77. The Bertz CT molecular complexity index is 607. The first-order chi connectivity index (χ1) is 7.70. The van der Waals surface area contributed by atoms with Crippen molar-refractivity contribution in [3.63, 3.8) is 0 Å². The van der Waals surface area contributed by atoms with Crippen LogP contribution in [0.1, 0.15) is 5.56 Å². The van der Waals surface area contributed by atoms with Gasteiger partial charge in [-0.1, -0.05) is 0 Å². The molecule has 0 aliphatic heterocycles. The van der Waals surface area contributed by atoms with Crippen LogP contribution in [0.15, 0.2) is 41.5 Å². The molecule has 0 bridgehead atoms. The summed E-state index contributed by atoms with van der Waals surface area (Å²) in [7, 11) is 0. The van der Waals surface area contributed by atoms with E-state index in [1.165, 1.54) is 23.0 Å². The topological polar surface area (TPSA) is 84.7 Å². The van der Waals surface area contributed by atoms with Crippen molar-refractivity contribution in [1.82, 2.24) is 9.55 Å². The molecule has 0 aliphatic rings. The van der Waals surface area contributed by atoms with Crippen molar-refractivity contribution in [2.75, 3.05) is 5.73 Å². The number of hydrogen-bond acceptors (Lipinski definition) is 4. The molecule has 0 aliphatic carbocycles. The van der Waals surface area contributed by atoms with E-state index in [1.807, 2.05) is 6.07 Å². The normalized spacial score (nSPS) is 9.69. The Balaban J connectivity index is 2.54. The van der Waals surface area contributed by atoms with Gasteiger partial charge < -0.3 is 5.73 Å². The minimum absolute atomic E-state index is 0.295. The summed E-state index contributed by atoms with van der Waals surface area (Å²) in [4.78, 5) is 15.6. The second-order valence-electron chi connectivity index (χ2n) is 3.19. The maximum absolute atomic E-state index is 11.6. The van der Waals surface area contributed by atoms with Crippen LogP contribution in [0.25, 0.3) is 5.82 Å². The molecule has 78 valence electrons. The van der Waals surface area contributed by atoms with Gasteiger partial charge >= 0.3 is 0 Å². The van der Waals surface area contributed by atoms with E-state index >= 15 is 0 Å². The number of hydrogen-bond donors (Lipinski definition) is 1. The molecule has 16 heavy (non-hydrogen) atoms. The van der Waals surface area contributed by atoms with E-state index < -0.39 is 0 Å². The highest BCUT2D eigenvalue weighted by Crippen LogP contribution is 2.04. The Kier molecular flexibility index (Phi) is 2.40. The van der Waals surface area contributed by atoms with Crippen molar-refractivity contribution >= 4 is 5.69 Å². The summed E-state index contributed by atoms with van der Waals surface area (Å²) in [5.74, 6) is 0.476. The molecule has 5 nitrogen and oxygen atoms in total. The minimum atomic E-state index is -0.295. The second-order valence-corrected chi connectivity index (χ2v) is 3.19. The van der Waals surface area contributed by atoms with Crippen LogP contribution in [0.5, 0.6) is 0 Å². The third-order valence-electron chi connectivity index (χ3n) is 2.07. The van der Waals surface area contributed by atoms with E-state index in [0.29, 0.717) is 17.1 Å². The molecule has 0 saturated carbocycles. The molecule has 0 aromatic carbocycles. The van der Waals surface area contributed by atoms with Gasteiger partial charge in [0.05, 0.1) is 23.5 Å². The molecule has 2 rings (SSSR count). The fourth-order valence-electron chi connectivity index (χ4n) is 1.28. The van der Waals surface area contributed by atoms with E-state index in [4.69, 9.17) is 11.0 Å². The fraction of sp³-hybridized carbons (Fsp3) is 0. The van der Waals surface area contributed by atoms with Crippen molar-refractivity contribution in [2.24, 2.45) is 0 Å². The standard InChI is InChI=1S/C11H8N4O/c12-6-8-3-4-15(11(16)5-8)10-2-1-9(13)7-14-10/h1-5,7H,13H2. The van der Waals surface area contributed by atoms with Crippen molar-refractivity contribution in [1.29, 1.82) is 5.26 Å². The summed E-state index contributed by atoms with van der Waals surface area (Å²) in [5.41, 5.74) is 6.06. The molecule has 2 N–H and O–H groups in total. The first-order valence-corrected chi connectivity index (χ1v) is 4.55. The summed E-state index contributed by atoms with van der Waals surface area (Å²) in [6, 6.07) is 8.02. The SMILES string of the molecule is N#Cc1ccn(-c2ccc(N)cn2)c(=O)c1. The van der Waals surface area contributed by atoms with Crippen LogP contribution in [0.3, 0.4) is 0 Å². The second kappa shape index (κ2) is 3.87. The minimum Gasteiger partial charge on any atom is -0.397 e. The molecule has 0 saturated heterocycles. The molecule has 0 atom stereocenters. The molecule has 0 spiro atoms. The third-order valence-corrected chi connectivity index (χ3v) is 2.07. The largest absolute Gasteiger partial charge is 0.397 e. The predicted octanol–water partition coefficient (Wildman–Crippen LogP) is 0.686. The molecule has 2 aromatic rings. The molecular formula is C11H8N4O. The molecule has 5 heteroatoms. The summed E-state index contributed by atoms with van der Waals surface area (Å²) in [5, 5.41) is 8.63. The van der Waals surface area contributed by atoms with Crippen LogP contribution in [0, 0.1) is 11.3 Å². The Labute approximate surface area is 91.4 Å². The highest BCUT2D eigenvalue weighted by molar-refractivity contribution is 5.39. The molecule has 2 heterocycles. The number of nitrogen functional groups attached to an aromatic ring is 1. The van der Waals surface area contributed by atoms with Crippen LogP contribution in [0.2, 0.25) is 0 Å². The highest BCUT2D eigenvalue weighted by Gasteiger charge is 2.01. The summed E-state index contributed by atoms with van der Waals surface area (Å²) in [6.45, 7) is 0. The number of nitrogens with two attached hydrogens (primary N) is 1. The molecule has 0 amide bonds. The Morgan fingerprint density at radius 1 is 1.38 bits per heavy atom. The zero-order valence-corrected chi connectivity index (χ0v) is 8.29. The lowest BCUT2D eigenvalue weighted by atomic mass is 10.3. The first-order valence-electron chi connectivity index (χ1n) is 4.55. The number of pyridine rings is 2. The summed E-state index contributed by atoms with van der Waals surface area (Å²) >= 11 is 0. The van der Waals surface area contributed by atoms with Crippen LogP contribution in [-0.2, 0) is 0 Å². The van der Waals surface area contributed by atoms with Gasteiger partial charge in [-0.3, -0.25) is 9.36 Å². The average molecular weight is 212 g/mol. The van der Waals surface area contributed by atoms with Gasteiger partial charge in [-0.25, -0.2) is 4.98 Å². The predicted molar refractivity (Wildman–Crippen MR) is 59.0 cm³/mol. The molecule has 0 fully saturated rings. The smallest absolute Gasteiger partial charge is 0.257 e. The van der Waals surface area contributed by atoms with Gasteiger partial charge in [0.25, 0.3) is 5.56 Å². The Hall–Kier alpha value is -2.61. The van der Waals surface area contributed by atoms with Crippen LogP contribution < -0.4 is 11.3 Å². The number of anilines is 1. The van der Waals surface area contributed by atoms with E-state index in [2.05, 4.69) is 4.98 Å². The lowest BCUT2D eigenvalue weighted by Crippen LogP contribution is -2.17. The van der Waals surface area contributed by atoms with Crippen molar-refractivity contribution in [3.8, 4) is 11.9 Å². The van der Waals surface area contributed by atoms with Crippen molar-refractivity contribution in [3.05, 3.63) is 52.6 Å². The van der Waals surface area contributed by atoms with E-state index in [0.717, 1.165) is 0 Å².